The van der Waals surface area contributed by atoms with Crippen LogP contribution in [0, 0.1) is 3.57 Å². The van der Waals surface area contributed by atoms with Gasteiger partial charge in [0.2, 0.25) is 0 Å². The predicted octanol–water partition coefficient (Wildman–Crippen LogP) is 1.61. The molecule has 0 spiro atoms. The average molecular weight is 297 g/mol. The molecule has 0 amide bonds. The fraction of sp³-hybridized carbons (Fsp3) is 0.286. The van der Waals surface area contributed by atoms with Crippen molar-refractivity contribution >= 4 is 39.9 Å². The minimum absolute atomic E-state index is 0.704. The summed E-state index contributed by atoms with van der Waals surface area (Å²) in [7, 11) is 0. The molecular weight excluding hydrogens is 289 g/mol. The van der Waals surface area contributed by atoms with E-state index in [1.807, 2.05) is 11.4 Å². The van der Waals surface area contributed by atoms with Gasteiger partial charge in [0.25, 0.3) is 0 Å². The van der Waals surface area contributed by atoms with Gasteiger partial charge in [-0.05, 0) is 41.0 Å². The summed E-state index contributed by atoms with van der Waals surface area (Å²) in [6.45, 7) is 1.50. The van der Waals surface area contributed by atoms with E-state index in [9.17, 15) is 4.79 Å². The summed E-state index contributed by atoms with van der Waals surface area (Å²) in [6.07, 6.45) is 0. The van der Waals surface area contributed by atoms with Gasteiger partial charge in [0.15, 0.2) is 0 Å². The van der Waals surface area contributed by atoms with Gasteiger partial charge >= 0.3 is 5.97 Å². The molecule has 12 heavy (non-hydrogen) atoms. The minimum atomic E-state index is -1.26. The quantitative estimate of drug-likeness (QED) is 0.815. The number of hydrogen-bond donors (Lipinski definition) is 2. The van der Waals surface area contributed by atoms with Crippen molar-refractivity contribution in [3.8, 4) is 0 Å². The topological polar surface area (TPSA) is 63.3 Å². The molecule has 1 heterocycles. The van der Waals surface area contributed by atoms with Crippen molar-refractivity contribution in [3.63, 3.8) is 0 Å². The van der Waals surface area contributed by atoms with Crippen molar-refractivity contribution in [2.75, 3.05) is 0 Å². The molecular formula is C7H8INO2S. The molecule has 0 aliphatic carbocycles. The Hall–Kier alpha value is -0.140. The van der Waals surface area contributed by atoms with Gasteiger partial charge in [0.05, 0.1) is 0 Å². The lowest BCUT2D eigenvalue weighted by Gasteiger charge is -2.17. The molecule has 1 atom stereocenters. The van der Waals surface area contributed by atoms with E-state index in [4.69, 9.17) is 10.8 Å². The number of nitrogens with two attached hydrogens (primary N) is 1. The first-order valence-corrected chi connectivity index (χ1v) is 5.18. The molecule has 3 nitrogen and oxygen atoms in total. The van der Waals surface area contributed by atoms with Crippen LogP contribution in [0.1, 0.15) is 11.8 Å². The van der Waals surface area contributed by atoms with Gasteiger partial charge in [-0.2, -0.15) is 0 Å². The highest BCUT2D eigenvalue weighted by Gasteiger charge is 2.33. The molecule has 1 aromatic heterocycles. The molecule has 0 saturated carbocycles. The summed E-state index contributed by atoms with van der Waals surface area (Å²) < 4.78 is 0.907. The normalized spacial score (nSPS) is 15.6. The van der Waals surface area contributed by atoms with E-state index in [0.29, 0.717) is 4.88 Å². The molecule has 1 rings (SSSR count). The highest BCUT2D eigenvalue weighted by Crippen LogP contribution is 2.28. The zero-order valence-electron chi connectivity index (χ0n) is 6.37. The van der Waals surface area contributed by atoms with E-state index in [1.165, 1.54) is 18.3 Å². The molecule has 1 aromatic rings. The van der Waals surface area contributed by atoms with Crippen LogP contribution in [0.4, 0.5) is 0 Å². The van der Waals surface area contributed by atoms with Crippen molar-refractivity contribution in [3.05, 3.63) is 19.9 Å². The second-order valence-corrected chi connectivity index (χ2v) is 4.68. The Balaban J connectivity index is 3.13. The average Bonchev–Trinajstić information content (AvgIpc) is 2.35. The molecule has 0 unspecified atom stereocenters. The fourth-order valence-electron chi connectivity index (χ4n) is 0.761. The Bertz CT molecular complexity index is 308. The van der Waals surface area contributed by atoms with Crippen LogP contribution in [0.25, 0.3) is 0 Å². The summed E-state index contributed by atoms with van der Waals surface area (Å²) >= 11 is 3.45. The maximum absolute atomic E-state index is 10.8. The van der Waals surface area contributed by atoms with Crippen LogP contribution < -0.4 is 5.73 Å². The molecule has 0 aliphatic heterocycles. The van der Waals surface area contributed by atoms with Crippen LogP contribution in [0.3, 0.4) is 0 Å². The van der Waals surface area contributed by atoms with E-state index in [-0.39, 0.29) is 0 Å². The Kier molecular flexibility index (Phi) is 2.74. The molecule has 3 N–H and O–H groups in total. The molecule has 0 radical (unpaired) electrons. The van der Waals surface area contributed by atoms with Crippen LogP contribution in [0.5, 0.6) is 0 Å². The summed E-state index contributed by atoms with van der Waals surface area (Å²) in [4.78, 5) is 11.5. The van der Waals surface area contributed by atoms with Gasteiger partial charge in [-0.1, -0.05) is 0 Å². The van der Waals surface area contributed by atoms with Gasteiger partial charge in [-0.3, -0.25) is 0 Å². The number of carbonyl (C=O) groups is 1. The first-order valence-electron chi connectivity index (χ1n) is 3.22. The van der Waals surface area contributed by atoms with Crippen molar-refractivity contribution in [2.24, 2.45) is 5.73 Å². The third-order valence-corrected chi connectivity index (χ3v) is 3.95. The van der Waals surface area contributed by atoms with Gasteiger partial charge < -0.3 is 10.8 Å². The predicted molar refractivity (Wildman–Crippen MR) is 56.2 cm³/mol. The highest BCUT2D eigenvalue weighted by molar-refractivity contribution is 14.1. The van der Waals surface area contributed by atoms with Gasteiger partial charge in [0.1, 0.15) is 5.54 Å². The van der Waals surface area contributed by atoms with Crippen molar-refractivity contribution in [2.45, 2.75) is 12.5 Å². The van der Waals surface area contributed by atoms with Crippen LogP contribution in [0.2, 0.25) is 0 Å². The van der Waals surface area contributed by atoms with Crippen LogP contribution in [-0.4, -0.2) is 11.1 Å². The highest BCUT2D eigenvalue weighted by atomic mass is 127. The van der Waals surface area contributed by atoms with E-state index < -0.39 is 11.5 Å². The number of thiophene rings is 1. The third kappa shape index (κ3) is 1.62. The molecule has 0 bridgehead atoms. The molecule has 0 aliphatic rings. The van der Waals surface area contributed by atoms with E-state index in [1.54, 1.807) is 0 Å². The minimum Gasteiger partial charge on any atom is -0.480 e. The molecule has 5 heteroatoms. The van der Waals surface area contributed by atoms with Gasteiger partial charge in [0, 0.05) is 8.45 Å². The van der Waals surface area contributed by atoms with E-state index >= 15 is 0 Å². The van der Waals surface area contributed by atoms with Crippen LogP contribution >= 0.6 is 33.9 Å². The Morgan fingerprint density at radius 2 is 2.42 bits per heavy atom. The lowest BCUT2D eigenvalue weighted by atomic mass is 10.0. The number of halogens is 1. The second-order valence-electron chi connectivity index (χ2n) is 2.61. The van der Waals surface area contributed by atoms with Crippen molar-refractivity contribution in [1.29, 1.82) is 0 Å². The summed E-state index contributed by atoms with van der Waals surface area (Å²) in [5, 5.41) is 10.7. The fourth-order valence-corrected chi connectivity index (χ4v) is 2.98. The Morgan fingerprint density at radius 3 is 2.75 bits per heavy atom. The number of aliphatic carboxylic acids is 1. The lowest BCUT2D eigenvalue weighted by Crippen LogP contribution is -2.41. The zero-order chi connectivity index (χ0) is 9.35. The number of carboxylic acids is 1. The smallest absolute Gasteiger partial charge is 0.328 e. The Labute approximate surface area is 87.7 Å². The van der Waals surface area contributed by atoms with Gasteiger partial charge in [-0.25, -0.2) is 4.79 Å². The van der Waals surface area contributed by atoms with Gasteiger partial charge in [-0.15, -0.1) is 11.3 Å². The maximum atomic E-state index is 10.8. The molecule has 0 fully saturated rings. The largest absolute Gasteiger partial charge is 0.480 e. The number of hydrogen-bond acceptors (Lipinski definition) is 3. The number of rotatable bonds is 2. The second kappa shape index (κ2) is 3.31. The van der Waals surface area contributed by atoms with Crippen LogP contribution in [0.15, 0.2) is 11.4 Å². The van der Waals surface area contributed by atoms with E-state index in [2.05, 4.69) is 22.6 Å². The summed E-state index contributed by atoms with van der Waals surface area (Å²) in [5.41, 5.74) is 4.37. The lowest BCUT2D eigenvalue weighted by molar-refractivity contribution is -0.142. The van der Waals surface area contributed by atoms with Crippen LogP contribution in [-0.2, 0) is 10.3 Å². The first kappa shape index (κ1) is 9.94. The summed E-state index contributed by atoms with van der Waals surface area (Å²) in [5.74, 6) is -0.997. The van der Waals surface area contributed by atoms with Crippen molar-refractivity contribution < 1.29 is 9.90 Å². The molecule has 0 aromatic carbocycles. The SMILES string of the molecule is C[C@](N)(C(=O)O)c1sccc1I. The number of carboxylic acid groups (broad SMARTS) is 1. The van der Waals surface area contributed by atoms with Crippen molar-refractivity contribution in [1.82, 2.24) is 0 Å². The maximum Gasteiger partial charge on any atom is 0.328 e. The molecule has 0 saturated heterocycles. The third-order valence-electron chi connectivity index (χ3n) is 1.53. The monoisotopic (exact) mass is 297 g/mol. The zero-order valence-corrected chi connectivity index (χ0v) is 9.35. The van der Waals surface area contributed by atoms with E-state index in [0.717, 1.165) is 3.57 Å². The Morgan fingerprint density at radius 1 is 1.83 bits per heavy atom. The first-order chi connectivity index (χ1) is 5.46. The standard InChI is InChI=1S/C7H8INO2S/c1-7(9,6(10)11)5-4(8)2-3-12-5/h2-3H,9H2,1H3,(H,10,11)/t7-/m1/s1. The molecule has 66 valence electrons. The summed E-state index contributed by atoms with van der Waals surface area (Å²) in [6, 6.07) is 1.86.